The number of nitrogens with two attached hydrogens (primary N) is 1. The Hall–Kier alpha value is -2.61. The van der Waals surface area contributed by atoms with E-state index in [-0.39, 0.29) is 5.11 Å². The zero-order valence-corrected chi connectivity index (χ0v) is 10.5. The summed E-state index contributed by atoms with van der Waals surface area (Å²) in [5.74, 6) is 1.18. The first kappa shape index (κ1) is 11.5. The van der Waals surface area contributed by atoms with Crippen LogP contribution in [0.2, 0.25) is 0 Å². The fraction of sp³-hybridized carbons (Fsp3) is 0. The van der Waals surface area contributed by atoms with Gasteiger partial charge in [0.05, 0.1) is 6.20 Å². The van der Waals surface area contributed by atoms with Gasteiger partial charge in [0, 0.05) is 12.4 Å². The van der Waals surface area contributed by atoms with Gasteiger partial charge in [-0.3, -0.25) is 4.98 Å². The van der Waals surface area contributed by atoms with Crippen LogP contribution in [-0.2, 0) is 0 Å². The van der Waals surface area contributed by atoms with E-state index in [0.717, 1.165) is 0 Å². The molecule has 0 fully saturated rings. The lowest BCUT2D eigenvalue weighted by atomic mass is 10.3. The molecule has 19 heavy (non-hydrogen) atoms. The Morgan fingerprint density at radius 1 is 1.26 bits per heavy atom. The van der Waals surface area contributed by atoms with Crippen LogP contribution in [0, 0.1) is 0 Å². The fourth-order valence-electron chi connectivity index (χ4n) is 1.61. The molecule has 8 heteroatoms. The van der Waals surface area contributed by atoms with Gasteiger partial charge >= 0.3 is 0 Å². The number of H-pyrrole nitrogens is 1. The average molecular weight is 271 g/mol. The summed E-state index contributed by atoms with van der Waals surface area (Å²) >= 11 is 4.77. The van der Waals surface area contributed by atoms with Gasteiger partial charge in [-0.25, -0.2) is 15.0 Å². The van der Waals surface area contributed by atoms with Crippen molar-refractivity contribution in [1.29, 1.82) is 0 Å². The van der Waals surface area contributed by atoms with Crippen LogP contribution < -0.4 is 11.1 Å². The highest BCUT2D eigenvalue weighted by molar-refractivity contribution is 7.80. The van der Waals surface area contributed by atoms with Crippen molar-refractivity contribution in [3.05, 3.63) is 30.7 Å². The molecule has 7 nitrogen and oxygen atoms in total. The minimum atomic E-state index is 0.155. The Kier molecular flexibility index (Phi) is 2.76. The molecular formula is C11H9N7S. The zero-order valence-electron chi connectivity index (χ0n) is 9.66. The largest absolute Gasteiger partial charge is 0.376 e. The van der Waals surface area contributed by atoms with Gasteiger partial charge in [0.15, 0.2) is 16.6 Å². The van der Waals surface area contributed by atoms with Gasteiger partial charge in [-0.05, 0) is 24.4 Å². The van der Waals surface area contributed by atoms with Crippen LogP contribution in [0.3, 0.4) is 0 Å². The topological polar surface area (TPSA) is 105 Å². The monoisotopic (exact) mass is 271 g/mol. The summed E-state index contributed by atoms with van der Waals surface area (Å²) in [7, 11) is 0. The maximum Gasteiger partial charge on any atom is 0.180 e. The molecule has 3 heterocycles. The summed E-state index contributed by atoms with van der Waals surface area (Å²) in [5.41, 5.74) is 7.21. The SMILES string of the molecule is NC(=S)Nc1ccc2ncc(-c3ncc[nH]3)nc2n1. The number of anilines is 1. The molecule has 0 aliphatic heterocycles. The summed E-state index contributed by atoms with van der Waals surface area (Å²) < 4.78 is 0. The second kappa shape index (κ2) is 4.58. The quantitative estimate of drug-likeness (QED) is 0.599. The lowest BCUT2D eigenvalue weighted by molar-refractivity contribution is 1.18. The van der Waals surface area contributed by atoms with E-state index < -0.39 is 0 Å². The first-order valence-corrected chi connectivity index (χ1v) is 5.83. The van der Waals surface area contributed by atoms with Gasteiger partial charge in [0.25, 0.3) is 0 Å². The molecule has 3 aromatic rings. The highest BCUT2D eigenvalue weighted by Crippen LogP contribution is 2.15. The Bertz CT molecular complexity index is 738. The number of rotatable bonds is 2. The van der Waals surface area contributed by atoms with Crippen molar-refractivity contribution in [2.45, 2.75) is 0 Å². The van der Waals surface area contributed by atoms with E-state index in [9.17, 15) is 0 Å². The number of pyridine rings is 1. The Labute approximate surface area is 113 Å². The van der Waals surface area contributed by atoms with Crippen molar-refractivity contribution in [3.8, 4) is 11.5 Å². The number of nitrogens with one attached hydrogen (secondary N) is 2. The highest BCUT2D eigenvalue weighted by atomic mass is 32.1. The van der Waals surface area contributed by atoms with E-state index in [1.807, 2.05) is 0 Å². The second-order valence-electron chi connectivity index (χ2n) is 3.72. The van der Waals surface area contributed by atoms with E-state index in [1.165, 1.54) is 0 Å². The van der Waals surface area contributed by atoms with Crippen molar-refractivity contribution < 1.29 is 0 Å². The molecule has 0 saturated heterocycles. The number of nitrogens with zero attached hydrogens (tertiary/aromatic N) is 4. The number of thiocarbonyl (C=S) groups is 1. The van der Waals surface area contributed by atoms with E-state index in [0.29, 0.717) is 28.5 Å². The molecule has 0 saturated carbocycles. The molecule has 0 aliphatic rings. The van der Waals surface area contributed by atoms with Gasteiger partial charge in [0.2, 0.25) is 0 Å². The van der Waals surface area contributed by atoms with E-state index in [1.54, 1.807) is 30.7 Å². The van der Waals surface area contributed by atoms with Gasteiger partial charge in [-0.2, -0.15) is 0 Å². The van der Waals surface area contributed by atoms with Crippen LogP contribution in [0.1, 0.15) is 0 Å². The van der Waals surface area contributed by atoms with Crippen LogP contribution in [0.25, 0.3) is 22.7 Å². The molecule has 0 bridgehead atoms. The molecule has 4 N–H and O–H groups in total. The predicted octanol–water partition coefficient (Wildman–Crippen LogP) is 1.07. The van der Waals surface area contributed by atoms with Crippen molar-refractivity contribution in [2.24, 2.45) is 5.73 Å². The standard InChI is InChI=1S/C11H9N7S/c12-11(19)18-8-2-1-6-10(17-8)16-7(5-15-6)9-13-3-4-14-9/h1-5H,(H,13,14)(H3,12,16,17,18,19). The minimum absolute atomic E-state index is 0.155. The molecule has 0 aliphatic carbocycles. The van der Waals surface area contributed by atoms with Crippen LogP contribution in [0.15, 0.2) is 30.7 Å². The number of aromatic nitrogens is 5. The van der Waals surface area contributed by atoms with Crippen molar-refractivity contribution in [2.75, 3.05) is 5.32 Å². The van der Waals surface area contributed by atoms with Gasteiger partial charge in [-0.1, -0.05) is 0 Å². The molecule has 0 spiro atoms. The smallest absolute Gasteiger partial charge is 0.180 e. The fourth-order valence-corrected chi connectivity index (χ4v) is 1.72. The second-order valence-corrected chi connectivity index (χ2v) is 4.16. The van der Waals surface area contributed by atoms with Crippen LogP contribution >= 0.6 is 12.2 Å². The summed E-state index contributed by atoms with van der Waals surface area (Å²) in [6, 6.07) is 3.53. The maximum atomic E-state index is 5.40. The third kappa shape index (κ3) is 2.33. The molecule has 0 aromatic carbocycles. The molecule has 3 aromatic heterocycles. The van der Waals surface area contributed by atoms with E-state index >= 15 is 0 Å². The predicted molar refractivity (Wildman–Crippen MR) is 75.3 cm³/mol. The molecule has 0 atom stereocenters. The average Bonchev–Trinajstić information content (AvgIpc) is 2.91. The third-order valence-corrected chi connectivity index (χ3v) is 2.50. The van der Waals surface area contributed by atoms with Gasteiger partial charge < -0.3 is 16.0 Å². The molecule has 0 amide bonds. The third-order valence-electron chi connectivity index (χ3n) is 2.40. The number of hydrogen-bond acceptors (Lipinski definition) is 5. The lowest BCUT2D eigenvalue weighted by Crippen LogP contribution is -2.19. The number of hydrogen-bond donors (Lipinski definition) is 3. The zero-order chi connectivity index (χ0) is 13.2. The maximum absolute atomic E-state index is 5.40. The Balaban J connectivity index is 2.07. The van der Waals surface area contributed by atoms with Crippen molar-refractivity contribution in [1.82, 2.24) is 24.9 Å². The Morgan fingerprint density at radius 3 is 2.89 bits per heavy atom. The molecule has 3 rings (SSSR count). The summed E-state index contributed by atoms with van der Waals surface area (Å²) in [6.45, 7) is 0. The van der Waals surface area contributed by atoms with Crippen LogP contribution in [-0.4, -0.2) is 30.0 Å². The summed E-state index contributed by atoms with van der Waals surface area (Å²) in [4.78, 5) is 20.1. The lowest BCUT2D eigenvalue weighted by Gasteiger charge is -2.04. The van der Waals surface area contributed by atoms with Gasteiger partial charge in [0.1, 0.15) is 17.0 Å². The molecule has 94 valence electrons. The first-order chi connectivity index (χ1) is 9.22. The van der Waals surface area contributed by atoms with Gasteiger partial charge in [-0.15, -0.1) is 0 Å². The van der Waals surface area contributed by atoms with Crippen molar-refractivity contribution in [3.63, 3.8) is 0 Å². The number of imidazole rings is 1. The van der Waals surface area contributed by atoms with E-state index in [4.69, 9.17) is 18.0 Å². The highest BCUT2D eigenvalue weighted by Gasteiger charge is 2.06. The van der Waals surface area contributed by atoms with Crippen LogP contribution in [0.5, 0.6) is 0 Å². The molecule has 0 unspecified atom stereocenters. The minimum Gasteiger partial charge on any atom is -0.376 e. The first-order valence-electron chi connectivity index (χ1n) is 5.42. The van der Waals surface area contributed by atoms with E-state index in [2.05, 4.69) is 30.2 Å². The summed E-state index contributed by atoms with van der Waals surface area (Å²) in [6.07, 6.45) is 5.02. The van der Waals surface area contributed by atoms with Crippen molar-refractivity contribution >= 4 is 34.3 Å². The number of fused-ring (bicyclic) bond motifs is 1. The molecular weight excluding hydrogens is 262 g/mol. The summed E-state index contributed by atoms with van der Waals surface area (Å²) in [5, 5.41) is 2.91. The van der Waals surface area contributed by atoms with Crippen LogP contribution in [0.4, 0.5) is 5.82 Å². The normalized spacial score (nSPS) is 10.5. The molecule has 0 radical (unpaired) electrons. The Morgan fingerprint density at radius 2 is 2.16 bits per heavy atom. The number of aromatic amines is 1.